The Balaban J connectivity index is 2.40. The molecule has 0 saturated heterocycles. The van der Waals surface area contributed by atoms with Crippen LogP contribution in [0.5, 0.6) is 5.75 Å². The summed E-state index contributed by atoms with van der Waals surface area (Å²) in [5.41, 5.74) is 1.28. The molecule has 0 unspecified atom stereocenters. The molecule has 1 aromatic rings. The molecule has 70 valence electrons. The van der Waals surface area contributed by atoms with Crippen molar-refractivity contribution < 1.29 is 4.74 Å². The Labute approximate surface area is 86.6 Å². The van der Waals surface area contributed by atoms with Crippen molar-refractivity contribution in [1.29, 1.82) is 0 Å². The van der Waals surface area contributed by atoms with Gasteiger partial charge in [-0.25, -0.2) is 0 Å². The minimum absolute atomic E-state index is 0.396. The Morgan fingerprint density at radius 3 is 2.92 bits per heavy atom. The van der Waals surface area contributed by atoms with E-state index in [0.29, 0.717) is 6.04 Å². The van der Waals surface area contributed by atoms with Crippen molar-refractivity contribution in [2.45, 2.75) is 6.04 Å². The van der Waals surface area contributed by atoms with Crippen LogP contribution >= 0.6 is 15.9 Å². The molecule has 1 aliphatic rings. The fourth-order valence-corrected chi connectivity index (χ4v) is 1.98. The van der Waals surface area contributed by atoms with Crippen LogP contribution in [0.4, 0.5) is 0 Å². The molecule has 1 atom stereocenters. The van der Waals surface area contributed by atoms with Crippen LogP contribution in [0.3, 0.4) is 0 Å². The molecule has 0 amide bonds. The lowest BCUT2D eigenvalue weighted by atomic mass is 10.1. The maximum absolute atomic E-state index is 5.56. The topological polar surface area (TPSA) is 12.5 Å². The summed E-state index contributed by atoms with van der Waals surface area (Å²) in [5, 5.41) is 0. The van der Waals surface area contributed by atoms with Crippen molar-refractivity contribution in [2.75, 3.05) is 20.7 Å². The highest BCUT2D eigenvalue weighted by Gasteiger charge is 2.25. The molecule has 0 fully saturated rings. The van der Waals surface area contributed by atoms with Crippen LogP contribution in [0.1, 0.15) is 11.6 Å². The largest absolute Gasteiger partial charge is 0.491 e. The van der Waals surface area contributed by atoms with E-state index in [1.165, 1.54) is 5.56 Å². The average molecular weight is 242 g/mol. The smallest absolute Gasteiger partial charge is 0.124 e. The lowest BCUT2D eigenvalue weighted by Crippen LogP contribution is -2.20. The first-order valence-electron chi connectivity index (χ1n) is 4.27. The van der Waals surface area contributed by atoms with E-state index in [9.17, 15) is 0 Å². The molecule has 3 heteroatoms. The van der Waals surface area contributed by atoms with Crippen molar-refractivity contribution in [1.82, 2.24) is 4.90 Å². The summed E-state index contributed by atoms with van der Waals surface area (Å²) in [6.45, 7) is 0.763. The molecular formula is C10H12BrNO. The number of nitrogens with zero attached hydrogens (tertiary/aromatic N) is 1. The number of ether oxygens (including phenoxy) is 1. The van der Waals surface area contributed by atoms with Gasteiger partial charge in [0.1, 0.15) is 12.4 Å². The van der Waals surface area contributed by atoms with Gasteiger partial charge in [0.15, 0.2) is 0 Å². The van der Waals surface area contributed by atoms with Crippen LogP contribution in [0.2, 0.25) is 0 Å². The average Bonchev–Trinajstić information content (AvgIpc) is 2.46. The second-order valence-corrected chi connectivity index (χ2v) is 4.39. The zero-order valence-corrected chi connectivity index (χ0v) is 9.34. The van der Waals surface area contributed by atoms with Gasteiger partial charge >= 0.3 is 0 Å². The molecule has 2 nitrogen and oxygen atoms in total. The number of halogens is 1. The van der Waals surface area contributed by atoms with E-state index in [4.69, 9.17) is 4.74 Å². The summed E-state index contributed by atoms with van der Waals surface area (Å²) in [6.07, 6.45) is 0. The Morgan fingerprint density at radius 1 is 1.46 bits per heavy atom. The van der Waals surface area contributed by atoms with Gasteiger partial charge in [-0.05, 0) is 32.3 Å². The van der Waals surface area contributed by atoms with Crippen LogP contribution in [0, 0.1) is 0 Å². The summed E-state index contributed by atoms with van der Waals surface area (Å²) < 4.78 is 6.68. The first-order chi connectivity index (χ1) is 6.18. The normalized spacial score (nSPS) is 20.2. The van der Waals surface area contributed by atoms with Crippen molar-refractivity contribution >= 4 is 15.9 Å². The number of benzene rings is 1. The van der Waals surface area contributed by atoms with Crippen LogP contribution in [0.15, 0.2) is 22.7 Å². The first kappa shape index (κ1) is 9.03. The summed E-state index contributed by atoms with van der Waals surface area (Å²) in [7, 11) is 4.15. The van der Waals surface area contributed by atoms with Gasteiger partial charge in [-0.1, -0.05) is 15.9 Å². The van der Waals surface area contributed by atoms with Gasteiger partial charge in [-0.15, -0.1) is 0 Å². The standard InChI is InChI=1S/C10H12BrNO/c1-12(2)9-6-13-10-4-3-7(11)5-8(9)10/h3-5,9H,6H2,1-2H3/t9-/m1/s1. The molecule has 0 spiro atoms. The number of rotatable bonds is 1. The fraction of sp³-hybridized carbons (Fsp3) is 0.400. The molecule has 13 heavy (non-hydrogen) atoms. The zero-order chi connectivity index (χ0) is 9.42. The second kappa shape index (κ2) is 3.31. The summed E-state index contributed by atoms with van der Waals surface area (Å²) >= 11 is 3.47. The number of hydrogen-bond acceptors (Lipinski definition) is 2. The molecule has 1 heterocycles. The minimum Gasteiger partial charge on any atom is -0.491 e. The molecule has 1 aliphatic heterocycles. The van der Waals surface area contributed by atoms with E-state index in [-0.39, 0.29) is 0 Å². The predicted molar refractivity (Wildman–Crippen MR) is 56.1 cm³/mol. The molecule has 0 radical (unpaired) electrons. The molecule has 0 N–H and O–H groups in total. The van der Waals surface area contributed by atoms with Crippen molar-refractivity contribution in [3.8, 4) is 5.75 Å². The van der Waals surface area contributed by atoms with Gasteiger partial charge in [0.2, 0.25) is 0 Å². The van der Waals surface area contributed by atoms with Gasteiger partial charge in [0.25, 0.3) is 0 Å². The van der Waals surface area contributed by atoms with Crippen LogP contribution < -0.4 is 4.74 Å². The first-order valence-corrected chi connectivity index (χ1v) is 5.06. The quantitative estimate of drug-likeness (QED) is 0.749. The SMILES string of the molecule is CN(C)[C@@H]1COc2ccc(Br)cc21. The highest BCUT2D eigenvalue weighted by atomic mass is 79.9. The maximum atomic E-state index is 5.56. The van der Waals surface area contributed by atoms with E-state index in [1.54, 1.807) is 0 Å². The molecule has 0 bridgehead atoms. The van der Waals surface area contributed by atoms with Gasteiger partial charge in [0.05, 0.1) is 6.04 Å². The summed E-state index contributed by atoms with van der Waals surface area (Å²) in [5.74, 6) is 1.02. The molecule has 0 saturated carbocycles. The molecule has 2 rings (SSSR count). The Hall–Kier alpha value is -0.540. The molecule has 0 aliphatic carbocycles. The molecular weight excluding hydrogens is 230 g/mol. The minimum atomic E-state index is 0.396. The van der Waals surface area contributed by atoms with Gasteiger partial charge in [0, 0.05) is 10.0 Å². The van der Waals surface area contributed by atoms with Crippen molar-refractivity contribution in [2.24, 2.45) is 0 Å². The lowest BCUT2D eigenvalue weighted by molar-refractivity contribution is 0.227. The third-order valence-corrected chi connectivity index (χ3v) is 2.84. The highest BCUT2D eigenvalue weighted by molar-refractivity contribution is 9.10. The number of likely N-dealkylation sites (N-methyl/N-ethyl adjacent to an activating group) is 1. The summed E-state index contributed by atoms with van der Waals surface area (Å²) in [4.78, 5) is 2.18. The van der Waals surface area contributed by atoms with E-state index in [0.717, 1.165) is 16.8 Å². The third-order valence-electron chi connectivity index (χ3n) is 2.35. The van der Waals surface area contributed by atoms with Crippen LogP contribution in [-0.4, -0.2) is 25.6 Å². The Bertz CT molecular complexity index is 325. The van der Waals surface area contributed by atoms with Crippen molar-refractivity contribution in [3.63, 3.8) is 0 Å². The molecule has 1 aromatic carbocycles. The second-order valence-electron chi connectivity index (χ2n) is 3.47. The van der Waals surface area contributed by atoms with Gasteiger partial charge in [-0.2, -0.15) is 0 Å². The van der Waals surface area contributed by atoms with Crippen molar-refractivity contribution in [3.05, 3.63) is 28.2 Å². The Morgan fingerprint density at radius 2 is 2.23 bits per heavy atom. The third kappa shape index (κ3) is 1.58. The fourth-order valence-electron chi connectivity index (χ4n) is 1.60. The zero-order valence-electron chi connectivity index (χ0n) is 7.75. The Kier molecular flexibility index (Phi) is 2.30. The maximum Gasteiger partial charge on any atom is 0.124 e. The number of hydrogen-bond donors (Lipinski definition) is 0. The molecule has 0 aromatic heterocycles. The van der Waals surface area contributed by atoms with Gasteiger partial charge < -0.3 is 4.74 Å². The monoisotopic (exact) mass is 241 g/mol. The van der Waals surface area contributed by atoms with E-state index in [2.05, 4.69) is 41.0 Å². The number of fused-ring (bicyclic) bond motifs is 1. The highest BCUT2D eigenvalue weighted by Crippen LogP contribution is 2.36. The lowest BCUT2D eigenvalue weighted by Gasteiger charge is -2.17. The van der Waals surface area contributed by atoms with Crippen LogP contribution in [-0.2, 0) is 0 Å². The predicted octanol–water partition coefficient (Wildman–Crippen LogP) is 2.44. The van der Waals surface area contributed by atoms with Gasteiger partial charge in [-0.3, -0.25) is 4.90 Å². The summed E-state index contributed by atoms with van der Waals surface area (Å²) in [6, 6.07) is 6.56. The van der Waals surface area contributed by atoms with E-state index >= 15 is 0 Å². The van der Waals surface area contributed by atoms with E-state index in [1.807, 2.05) is 12.1 Å². The van der Waals surface area contributed by atoms with E-state index < -0.39 is 0 Å². The van der Waals surface area contributed by atoms with Crippen LogP contribution in [0.25, 0.3) is 0 Å².